The third kappa shape index (κ3) is 2.13. The molecule has 2 nitrogen and oxygen atoms in total. The Morgan fingerprint density at radius 1 is 0.941 bits per heavy atom. The van der Waals surface area contributed by atoms with E-state index in [0.717, 1.165) is 6.07 Å². The van der Waals surface area contributed by atoms with Crippen molar-refractivity contribution in [3.05, 3.63) is 24.0 Å². The summed E-state index contributed by atoms with van der Waals surface area (Å²) in [4.78, 5) is 2.77. The van der Waals surface area contributed by atoms with Gasteiger partial charge in [0.25, 0.3) is 0 Å². The van der Waals surface area contributed by atoms with E-state index in [-0.39, 0.29) is 5.69 Å². The van der Waals surface area contributed by atoms with Crippen LogP contribution in [-0.4, -0.2) is 17.1 Å². The van der Waals surface area contributed by atoms with E-state index >= 15 is 0 Å². The molecule has 9 heteroatoms. The summed E-state index contributed by atoms with van der Waals surface area (Å²) in [6.45, 7) is 0. The number of halogens is 7. The van der Waals surface area contributed by atoms with Crippen LogP contribution < -0.4 is 5.73 Å². The predicted octanol–water partition coefficient (Wildman–Crippen LogP) is 2.95. The second kappa shape index (κ2) is 3.74. The molecule has 0 saturated heterocycles. The average molecular weight is 262 g/mol. The highest BCUT2D eigenvalue weighted by molar-refractivity contribution is 5.35. The minimum absolute atomic E-state index is 0.139. The molecule has 0 aliphatic heterocycles. The lowest BCUT2D eigenvalue weighted by atomic mass is 10.1. The Balaban J connectivity index is 3.23. The Kier molecular flexibility index (Phi) is 2.98. The molecule has 1 aromatic heterocycles. The predicted molar refractivity (Wildman–Crippen MR) is 43.5 cm³/mol. The van der Waals surface area contributed by atoms with Crippen molar-refractivity contribution in [2.45, 2.75) is 18.0 Å². The SMILES string of the molecule is Nc1ccc(C(F)(F)C(F)(F)C(F)(F)F)nc1. The van der Waals surface area contributed by atoms with Crippen LogP contribution in [0.15, 0.2) is 18.3 Å². The minimum Gasteiger partial charge on any atom is -0.397 e. The molecule has 0 aliphatic rings. The van der Waals surface area contributed by atoms with Crippen LogP contribution in [0.4, 0.5) is 36.4 Å². The molecule has 0 unspecified atom stereocenters. The Hall–Kier alpha value is -1.54. The number of alkyl halides is 7. The minimum atomic E-state index is -6.38. The van der Waals surface area contributed by atoms with E-state index in [2.05, 4.69) is 4.98 Å². The van der Waals surface area contributed by atoms with Crippen LogP contribution in [-0.2, 0) is 5.92 Å². The largest absolute Gasteiger partial charge is 0.460 e. The number of rotatable bonds is 2. The summed E-state index contributed by atoms with van der Waals surface area (Å²) in [5.74, 6) is -11.7. The molecule has 1 rings (SSSR count). The molecule has 2 N–H and O–H groups in total. The fraction of sp³-hybridized carbons (Fsp3) is 0.375. The van der Waals surface area contributed by atoms with Crippen LogP contribution in [0.5, 0.6) is 0 Å². The van der Waals surface area contributed by atoms with Gasteiger partial charge in [-0.3, -0.25) is 4.98 Å². The number of hydrogen-bond acceptors (Lipinski definition) is 2. The molecular formula is C8H5F7N2. The van der Waals surface area contributed by atoms with Gasteiger partial charge in [-0.2, -0.15) is 30.7 Å². The van der Waals surface area contributed by atoms with Gasteiger partial charge in [-0.15, -0.1) is 0 Å². The number of aromatic nitrogens is 1. The van der Waals surface area contributed by atoms with Gasteiger partial charge in [0.05, 0.1) is 11.9 Å². The molecule has 0 spiro atoms. The van der Waals surface area contributed by atoms with Crippen LogP contribution >= 0.6 is 0 Å². The van der Waals surface area contributed by atoms with Gasteiger partial charge in [-0.1, -0.05) is 0 Å². The Morgan fingerprint density at radius 3 is 1.82 bits per heavy atom. The standard InChI is InChI=1S/C8H5F7N2/c9-6(10,7(11,12)8(13,14)15)5-2-1-4(16)3-17-5/h1-3H,16H2. The molecule has 0 bridgehead atoms. The van der Waals surface area contributed by atoms with Crippen LogP contribution in [0.25, 0.3) is 0 Å². The van der Waals surface area contributed by atoms with Crippen molar-refractivity contribution < 1.29 is 30.7 Å². The van der Waals surface area contributed by atoms with E-state index in [1.807, 2.05) is 0 Å². The van der Waals surface area contributed by atoms with Crippen LogP contribution in [0.2, 0.25) is 0 Å². The van der Waals surface area contributed by atoms with Crippen molar-refractivity contribution in [2.24, 2.45) is 0 Å². The highest BCUT2D eigenvalue weighted by atomic mass is 19.4. The summed E-state index contributed by atoms with van der Waals surface area (Å²) in [5.41, 5.74) is 3.21. The van der Waals surface area contributed by atoms with Gasteiger partial charge in [0.2, 0.25) is 0 Å². The molecular weight excluding hydrogens is 257 g/mol. The third-order valence-electron chi connectivity index (χ3n) is 1.86. The number of pyridine rings is 1. The quantitative estimate of drug-likeness (QED) is 0.832. The van der Waals surface area contributed by atoms with Crippen molar-refractivity contribution in [1.82, 2.24) is 4.98 Å². The summed E-state index contributed by atoms with van der Waals surface area (Å²) in [7, 11) is 0. The van der Waals surface area contributed by atoms with Crippen molar-refractivity contribution in [2.75, 3.05) is 5.73 Å². The second-order valence-corrected chi connectivity index (χ2v) is 3.12. The Labute approximate surface area is 90.2 Å². The third-order valence-corrected chi connectivity index (χ3v) is 1.86. The lowest BCUT2D eigenvalue weighted by Gasteiger charge is -2.27. The summed E-state index contributed by atoms with van der Waals surface area (Å²) in [5, 5.41) is 0. The first-order chi connectivity index (χ1) is 7.50. The van der Waals surface area contributed by atoms with Crippen LogP contribution in [0.1, 0.15) is 5.69 Å². The zero-order chi connectivity index (χ0) is 13.5. The van der Waals surface area contributed by atoms with E-state index in [1.54, 1.807) is 0 Å². The zero-order valence-electron chi connectivity index (χ0n) is 7.90. The van der Waals surface area contributed by atoms with Gasteiger partial charge in [0.15, 0.2) is 0 Å². The molecule has 0 saturated carbocycles. The van der Waals surface area contributed by atoms with E-state index in [9.17, 15) is 30.7 Å². The van der Waals surface area contributed by atoms with E-state index < -0.39 is 23.7 Å². The molecule has 0 fully saturated rings. The topological polar surface area (TPSA) is 38.9 Å². The van der Waals surface area contributed by atoms with Crippen molar-refractivity contribution in [3.8, 4) is 0 Å². The maximum absolute atomic E-state index is 13.0. The highest BCUT2D eigenvalue weighted by Gasteiger charge is 2.74. The van der Waals surface area contributed by atoms with E-state index in [4.69, 9.17) is 5.73 Å². The van der Waals surface area contributed by atoms with Gasteiger partial charge in [-0.05, 0) is 12.1 Å². The Morgan fingerprint density at radius 2 is 1.47 bits per heavy atom. The molecule has 17 heavy (non-hydrogen) atoms. The second-order valence-electron chi connectivity index (χ2n) is 3.12. The molecule has 96 valence electrons. The van der Waals surface area contributed by atoms with E-state index in [1.165, 1.54) is 0 Å². The van der Waals surface area contributed by atoms with Crippen molar-refractivity contribution in [1.29, 1.82) is 0 Å². The lowest BCUT2D eigenvalue weighted by molar-refractivity contribution is -0.360. The zero-order valence-corrected chi connectivity index (χ0v) is 7.90. The summed E-state index contributed by atoms with van der Waals surface area (Å²) in [6.07, 6.45) is -5.81. The van der Waals surface area contributed by atoms with Gasteiger partial charge in [0, 0.05) is 0 Å². The molecule has 0 atom stereocenters. The summed E-state index contributed by atoms with van der Waals surface area (Å²) >= 11 is 0. The van der Waals surface area contributed by atoms with E-state index in [0.29, 0.717) is 12.3 Å². The van der Waals surface area contributed by atoms with Gasteiger partial charge >= 0.3 is 18.0 Å². The average Bonchev–Trinajstić information content (AvgIpc) is 2.16. The molecule has 0 radical (unpaired) electrons. The number of nitrogens with two attached hydrogens (primary N) is 1. The molecule has 0 aliphatic carbocycles. The first kappa shape index (κ1) is 13.5. The highest BCUT2D eigenvalue weighted by Crippen LogP contribution is 2.51. The van der Waals surface area contributed by atoms with Crippen molar-refractivity contribution in [3.63, 3.8) is 0 Å². The number of hydrogen-bond donors (Lipinski definition) is 1. The normalized spacial score (nSPS) is 13.8. The first-order valence-electron chi connectivity index (χ1n) is 4.04. The maximum atomic E-state index is 13.0. The molecule has 0 amide bonds. The molecule has 0 aromatic carbocycles. The number of anilines is 1. The van der Waals surface area contributed by atoms with Gasteiger partial charge in [0.1, 0.15) is 5.69 Å². The Bertz CT molecular complexity index is 395. The fourth-order valence-corrected chi connectivity index (χ4v) is 0.930. The van der Waals surface area contributed by atoms with Crippen molar-refractivity contribution >= 4 is 5.69 Å². The van der Waals surface area contributed by atoms with Crippen LogP contribution in [0, 0.1) is 0 Å². The van der Waals surface area contributed by atoms with Gasteiger partial charge < -0.3 is 5.73 Å². The lowest BCUT2D eigenvalue weighted by Crippen LogP contribution is -2.50. The summed E-state index contributed by atoms with van der Waals surface area (Å²) in [6, 6.07) is 1.07. The number of nitrogens with zero attached hydrogens (tertiary/aromatic N) is 1. The first-order valence-corrected chi connectivity index (χ1v) is 4.04. The number of nitrogen functional groups attached to an aromatic ring is 1. The molecule has 1 aromatic rings. The summed E-state index contributed by atoms with van der Waals surface area (Å²) < 4.78 is 86.5. The fourth-order valence-electron chi connectivity index (χ4n) is 0.930. The smallest absolute Gasteiger partial charge is 0.397 e. The van der Waals surface area contributed by atoms with Crippen LogP contribution in [0.3, 0.4) is 0 Å². The molecule has 1 heterocycles. The van der Waals surface area contributed by atoms with Gasteiger partial charge in [-0.25, -0.2) is 0 Å². The maximum Gasteiger partial charge on any atom is 0.460 e. The monoisotopic (exact) mass is 262 g/mol.